The van der Waals surface area contributed by atoms with E-state index in [1.165, 1.54) is 31.0 Å². The largest absolute Gasteiger partial charge is 0.493 e. The molecule has 8 heteroatoms. The van der Waals surface area contributed by atoms with E-state index >= 15 is 0 Å². The highest BCUT2D eigenvalue weighted by molar-refractivity contribution is 5.91. The van der Waals surface area contributed by atoms with Gasteiger partial charge in [0, 0.05) is 24.0 Å². The molecule has 156 valence electrons. The molecule has 0 spiro atoms. The van der Waals surface area contributed by atoms with Gasteiger partial charge in [-0.15, -0.1) is 0 Å². The number of amides is 1. The van der Waals surface area contributed by atoms with Crippen molar-refractivity contribution in [1.82, 2.24) is 9.13 Å². The summed E-state index contributed by atoms with van der Waals surface area (Å²) in [5.41, 5.74) is 1.08. The molecule has 8 nitrogen and oxygen atoms in total. The normalized spacial score (nSPS) is 10.5. The van der Waals surface area contributed by atoms with Crippen LogP contribution in [0.1, 0.15) is 11.1 Å². The number of anilines is 1. The molecule has 0 atom stereocenters. The summed E-state index contributed by atoms with van der Waals surface area (Å²) >= 11 is 0. The van der Waals surface area contributed by atoms with Crippen LogP contribution in [0.4, 0.5) is 5.69 Å². The molecule has 1 aromatic heterocycles. The summed E-state index contributed by atoms with van der Waals surface area (Å²) in [6.07, 6.45) is 1.44. The third kappa shape index (κ3) is 4.60. The molecule has 3 aromatic rings. The molecule has 0 radical (unpaired) electrons. The van der Waals surface area contributed by atoms with Crippen LogP contribution in [0.2, 0.25) is 0 Å². The molecule has 0 unspecified atom stereocenters. The smallest absolute Gasteiger partial charge is 0.331 e. The van der Waals surface area contributed by atoms with E-state index < -0.39 is 23.7 Å². The molecule has 0 aliphatic rings. The second kappa shape index (κ2) is 9.13. The van der Waals surface area contributed by atoms with Crippen LogP contribution in [-0.4, -0.2) is 29.3 Å². The van der Waals surface area contributed by atoms with E-state index in [0.717, 1.165) is 15.7 Å². The minimum atomic E-state index is -0.550. The molecule has 0 aliphatic heterocycles. The van der Waals surface area contributed by atoms with Crippen molar-refractivity contribution in [2.24, 2.45) is 0 Å². The zero-order valence-corrected chi connectivity index (χ0v) is 17.0. The van der Waals surface area contributed by atoms with Crippen LogP contribution in [0.25, 0.3) is 0 Å². The zero-order valence-electron chi connectivity index (χ0n) is 17.0. The van der Waals surface area contributed by atoms with Crippen LogP contribution in [0, 0.1) is 6.92 Å². The van der Waals surface area contributed by atoms with E-state index in [1.54, 1.807) is 19.1 Å². The molecule has 1 amide bonds. The van der Waals surface area contributed by atoms with Gasteiger partial charge < -0.3 is 14.8 Å². The Bertz CT molecular complexity index is 1170. The third-order valence-electron chi connectivity index (χ3n) is 4.64. The number of aromatic nitrogens is 2. The lowest BCUT2D eigenvalue weighted by molar-refractivity contribution is -0.116. The number of methoxy groups -OCH3 is 2. The molecular formula is C22H23N3O5. The molecular weight excluding hydrogens is 386 g/mol. The van der Waals surface area contributed by atoms with E-state index in [-0.39, 0.29) is 0 Å². The zero-order chi connectivity index (χ0) is 21.7. The van der Waals surface area contributed by atoms with Crippen LogP contribution in [0.5, 0.6) is 11.5 Å². The quantitative estimate of drug-likeness (QED) is 0.645. The number of hydrogen-bond donors (Lipinski definition) is 1. The number of carbonyl (C=O) groups excluding carboxylic acids is 1. The first-order valence-electron chi connectivity index (χ1n) is 9.29. The Balaban J connectivity index is 1.83. The standard InChI is InChI=1S/C22H23N3O5/c1-15-11-18(29-2)19(30-3)12-17(15)23-20(26)14-25-21(27)9-10-24(22(25)28)13-16-7-5-4-6-8-16/h4-12H,13-14H2,1-3H3,(H,23,26). The van der Waals surface area contributed by atoms with E-state index in [9.17, 15) is 14.4 Å². The number of benzene rings is 2. The van der Waals surface area contributed by atoms with Gasteiger partial charge in [-0.2, -0.15) is 0 Å². The predicted molar refractivity (Wildman–Crippen MR) is 113 cm³/mol. The summed E-state index contributed by atoms with van der Waals surface area (Å²) in [6, 6.07) is 14.0. The van der Waals surface area contributed by atoms with Crippen LogP contribution < -0.4 is 26.0 Å². The lowest BCUT2D eigenvalue weighted by Crippen LogP contribution is -2.41. The van der Waals surface area contributed by atoms with Gasteiger partial charge >= 0.3 is 5.69 Å². The summed E-state index contributed by atoms with van der Waals surface area (Å²) < 4.78 is 12.8. The number of nitrogens with one attached hydrogen (secondary N) is 1. The van der Waals surface area contributed by atoms with E-state index in [2.05, 4.69) is 5.32 Å². The maximum atomic E-state index is 12.7. The van der Waals surface area contributed by atoms with Gasteiger partial charge in [0.15, 0.2) is 11.5 Å². The first-order valence-corrected chi connectivity index (χ1v) is 9.29. The van der Waals surface area contributed by atoms with Gasteiger partial charge in [0.2, 0.25) is 5.91 Å². The maximum absolute atomic E-state index is 12.7. The van der Waals surface area contributed by atoms with Crippen molar-refractivity contribution < 1.29 is 14.3 Å². The Morgan fingerprint density at radius 3 is 2.33 bits per heavy atom. The van der Waals surface area contributed by atoms with Crippen LogP contribution in [0.15, 0.2) is 64.3 Å². The number of aryl methyl sites for hydroxylation is 1. The number of nitrogens with zero attached hydrogens (tertiary/aromatic N) is 2. The van der Waals surface area contributed by atoms with Crippen molar-refractivity contribution in [3.8, 4) is 11.5 Å². The Morgan fingerprint density at radius 1 is 1.00 bits per heavy atom. The van der Waals surface area contributed by atoms with Crippen LogP contribution >= 0.6 is 0 Å². The average Bonchev–Trinajstić information content (AvgIpc) is 2.75. The first-order chi connectivity index (χ1) is 14.4. The van der Waals surface area contributed by atoms with Gasteiger partial charge in [0.25, 0.3) is 5.56 Å². The summed E-state index contributed by atoms with van der Waals surface area (Å²) in [5.74, 6) is 0.499. The summed E-state index contributed by atoms with van der Waals surface area (Å²) in [7, 11) is 3.02. The van der Waals surface area contributed by atoms with Crippen molar-refractivity contribution in [2.45, 2.75) is 20.0 Å². The fourth-order valence-corrected chi connectivity index (χ4v) is 3.05. The van der Waals surface area contributed by atoms with Gasteiger partial charge in [-0.05, 0) is 24.1 Å². The minimum Gasteiger partial charge on any atom is -0.493 e. The predicted octanol–water partition coefficient (Wildman–Crippen LogP) is 2.02. The molecule has 3 rings (SSSR count). The van der Waals surface area contributed by atoms with E-state index in [4.69, 9.17) is 9.47 Å². The first kappa shape index (κ1) is 20.9. The van der Waals surface area contributed by atoms with Gasteiger partial charge in [0.05, 0.1) is 20.8 Å². The van der Waals surface area contributed by atoms with Crippen molar-refractivity contribution in [2.75, 3.05) is 19.5 Å². The van der Waals surface area contributed by atoms with Crippen molar-refractivity contribution in [3.63, 3.8) is 0 Å². The van der Waals surface area contributed by atoms with Crippen LogP contribution in [-0.2, 0) is 17.9 Å². The lowest BCUT2D eigenvalue weighted by atomic mass is 10.1. The molecule has 0 fully saturated rings. The van der Waals surface area contributed by atoms with Crippen molar-refractivity contribution >= 4 is 11.6 Å². The highest BCUT2D eigenvalue weighted by atomic mass is 16.5. The monoisotopic (exact) mass is 409 g/mol. The minimum absolute atomic E-state index is 0.302. The Hall–Kier alpha value is -3.81. The lowest BCUT2D eigenvalue weighted by Gasteiger charge is -2.14. The van der Waals surface area contributed by atoms with Gasteiger partial charge in [-0.25, -0.2) is 4.79 Å². The highest BCUT2D eigenvalue weighted by Gasteiger charge is 2.14. The molecule has 30 heavy (non-hydrogen) atoms. The molecule has 1 N–H and O–H groups in total. The second-order valence-electron chi connectivity index (χ2n) is 6.71. The topological polar surface area (TPSA) is 91.6 Å². The van der Waals surface area contributed by atoms with E-state index in [1.807, 2.05) is 30.3 Å². The van der Waals surface area contributed by atoms with Crippen molar-refractivity contribution in [3.05, 3.63) is 86.7 Å². The van der Waals surface area contributed by atoms with Crippen LogP contribution in [0.3, 0.4) is 0 Å². The van der Waals surface area contributed by atoms with Crippen molar-refractivity contribution in [1.29, 1.82) is 0 Å². The maximum Gasteiger partial charge on any atom is 0.331 e. The molecule has 0 bridgehead atoms. The SMILES string of the molecule is COc1cc(C)c(NC(=O)Cn2c(=O)ccn(Cc3ccccc3)c2=O)cc1OC. The van der Waals surface area contributed by atoms with E-state index in [0.29, 0.717) is 23.7 Å². The molecule has 0 saturated heterocycles. The fraction of sp³-hybridized carbons (Fsp3) is 0.227. The number of hydrogen-bond acceptors (Lipinski definition) is 5. The van der Waals surface area contributed by atoms with Gasteiger partial charge in [-0.1, -0.05) is 30.3 Å². The average molecular weight is 409 g/mol. The molecule has 2 aromatic carbocycles. The second-order valence-corrected chi connectivity index (χ2v) is 6.71. The summed E-state index contributed by atoms with van der Waals surface area (Å²) in [5, 5.41) is 2.73. The van der Waals surface area contributed by atoms with Gasteiger partial charge in [0.1, 0.15) is 6.54 Å². The Morgan fingerprint density at radius 2 is 1.67 bits per heavy atom. The third-order valence-corrected chi connectivity index (χ3v) is 4.64. The summed E-state index contributed by atoms with van der Waals surface area (Å²) in [4.78, 5) is 37.5. The molecule has 0 aliphatic carbocycles. The molecule has 1 heterocycles. The summed E-state index contributed by atoms with van der Waals surface area (Å²) in [6.45, 7) is 1.70. The van der Waals surface area contributed by atoms with Gasteiger partial charge in [-0.3, -0.25) is 18.7 Å². The highest BCUT2D eigenvalue weighted by Crippen LogP contribution is 2.32. The number of ether oxygens (including phenoxy) is 2. The number of rotatable bonds is 7. The number of carbonyl (C=O) groups is 1. The Kier molecular flexibility index (Phi) is 6.36. The Labute approximate surface area is 173 Å². The molecule has 0 saturated carbocycles. The fourth-order valence-electron chi connectivity index (χ4n) is 3.05.